The quantitative estimate of drug-likeness (QED) is 0.552. The number of nitrogens with zero attached hydrogens (tertiary/aromatic N) is 2. The standard InChI is InChI=1S/C21H19FN2O5/c1-2-23(16-9-5-15(22)6-10-16)20(27)13-29-21(28)14-3-7-17(8-4-14)24-18(25)11-12-19(24)26/h3-10H,2,11-13H2,1H3. The molecule has 0 spiro atoms. The maximum absolute atomic E-state index is 13.1. The molecule has 1 aliphatic heterocycles. The number of hydrogen-bond donors (Lipinski definition) is 0. The average molecular weight is 398 g/mol. The van der Waals surface area contributed by atoms with Crippen molar-refractivity contribution in [2.75, 3.05) is 23.0 Å². The molecule has 1 fully saturated rings. The van der Waals surface area contributed by atoms with Crippen LogP contribution in [0.5, 0.6) is 0 Å². The first kappa shape index (κ1) is 20.2. The van der Waals surface area contributed by atoms with E-state index in [-0.39, 0.29) is 30.2 Å². The number of esters is 1. The number of imide groups is 1. The van der Waals surface area contributed by atoms with Crippen molar-refractivity contribution >= 4 is 35.1 Å². The fraction of sp³-hybridized carbons (Fsp3) is 0.238. The summed E-state index contributed by atoms with van der Waals surface area (Å²) in [6.07, 6.45) is 0.347. The topological polar surface area (TPSA) is 84.0 Å². The van der Waals surface area contributed by atoms with Crippen LogP contribution in [0.4, 0.5) is 15.8 Å². The fourth-order valence-electron chi connectivity index (χ4n) is 3.02. The average Bonchev–Trinajstić information content (AvgIpc) is 3.06. The van der Waals surface area contributed by atoms with Gasteiger partial charge in [0, 0.05) is 25.1 Å². The molecule has 3 amide bonds. The van der Waals surface area contributed by atoms with Crippen LogP contribution in [0.2, 0.25) is 0 Å². The number of amides is 3. The Morgan fingerprint density at radius 1 is 1.00 bits per heavy atom. The lowest BCUT2D eigenvalue weighted by Crippen LogP contribution is -2.34. The van der Waals surface area contributed by atoms with Crippen molar-refractivity contribution in [2.45, 2.75) is 19.8 Å². The number of carbonyl (C=O) groups is 4. The maximum Gasteiger partial charge on any atom is 0.338 e. The summed E-state index contributed by atoms with van der Waals surface area (Å²) < 4.78 is 18.1. The predicted molar refractivity (Wildman–Crippen MR) is 103 cm³/mol. The van der Waals surface area contributed by atoms with Crippen molar-refractivity contribution in [1.82, 2.24) is 0 Å². The molecule has 8 heteroatoms. The Bertz CT molecular complexity index is 925. The molecule has 0 radical (unpaired) electrons. The van der Waals surface area contributed by atoms with Gasteiger partial charge in [0.15, 0.2) is 6.61 Å². The van der Waals surface area contributed by atoms with E-state index in [0.29, 0.717) is 17.9 Å². The minimum absolute atomic E-state index is 0.173. The van der Waals surface area contributed by atoms with Gasteiger partial charge in [-0.3, -0.25) is 19.3 Å². The second kappa shape index (κ2) is 8.64. The molecule has 0 saturated carbocycles. The summed E-state index contributed by atoms with van der Waals surface area (Å²) >= 11 is 0. The number of likely N-dealkylation sites (N-methyl/N-ethyl adjacent to an activating group) is 1. The van der Waals surface area contributed by atoms with Gasteiger partial charge in [-0.25, -0.2) is 9.18 Å². The Morgan fingerprint density at radius 3 is 2.14 bits per heavy atom. The summed E-state index contributed by atoms with van der Waals surface area (Å²) in [5.74, 6) is -2.13. The van der Waals surface area contributed by atoms with Gasteiger partial charge < -0.3 is 9.64 Å². The number of halogens is 1. The molecule has 2 aromatic carbocycles. The van der Waals surface area contributed by atoms with Crippen molar-refractivity contribution in [3.8, 4) is 0 Å². The zero-order valence-corrected chi connectivity index (χ0v) is 15.8. The Hall–Kier alpha value is -3.55. The molecule has 0 bridgehead atoms. The number of hydrogen-bond acceptors (Lipinski definition) is 5. The Kier molecular flexibility index (Phi) is 6.01. The van der Waals surface area contributed by atoms with Crippen molar-refractivity contribution < 1.29 is 28.3 Å². The summed E-state index contributed by atoms with van der Waals surface area (Å²) in [6.45, 7) is 1.60. The highest BCUT2D eigenvalue weighted by Gasteiger charge is 2.30. The summed E-state index contributed by atoms with van der Waals surface area (Å²) in [5.41, 5.74) is 1.07. The van der Waals surface area contributed by atoms with Gasteiger partial charge in [-0.05, 0) is 55.5 Å². The van der Waals surface area contributed by atoms with Gasteiger partial charge in [0.2, 0.25) is 11.8 Å². The van der Waals surface area contributed by atoms with Gasteiger partial charge in [0.05, 0.1) is 11.3 Å². The molecular weight excluding hydrogens is 379 g/mol. The van der Waals surface area contributed by atoms with E-state index in [9.17, 15) is 23.6 Å². The summed E-state index contributed by atoms with van der Waals surface area (Å²) in [4.78, 5) is 50.6. The highest BCUT2D eigenvalue weighted by atomic mass is 19.1. The van der Waals surface area contributed by atoms with E-state index in [0.717, 1.165) is 4.90 Å². The second-order valence-electron chi connectivity index (χ2n) is 6.36. The van der Waals surface area contributed by atoms with E-state index in [4.69, 9.17) is 4.74 Å². The van der Waals surface area contributed by atoms with Gasteiger partial charge in [-0.2, -0.15) is 0 Å². The van der Waals surface area contributed by atoms with Crippen LogP contribution in [0, 0.1) is 5.82 Å². The number of benzene rings is 2. The zero-order chi connectivity index (χ0) is 21.0. The van der Waals surface area contributed by atoms with E-state index in [2.05, 4.69) is 0 Å². The second-order valence-corrected chi connectivity index (χ2v) is 6.36. The molecule has 1 saturated heterocycles. The molecule has 0 N–H and O–H groups in total. The van der Waals surface area contributed by atoms with E-state index in [1.807, 2.05) is 0 Å². The predicted octanol–water partition coefficient (Wildman–Crippen LogP) is 2.69. The van der Waals surface area contributed by atoms with Crippen molar-refractivity contribution in [3.63, 3.8) is 0 Å². The Balaban J connectivity index is 1.61. The molecule has 0 unspecified atom stereocenters. The Morgan fingerprint density at radius 2 is 1.59 bits per heavy atom. The minimum Gasteiger partial charge on any atom is -0.452 e. The van der Waals surface area contributed by atoms with Crippen LogP contribution in [0.15, 0.2) is 48.5 Å². The highest BCUT2D eigenvalue weighted by molar-refractivity contribution is 6.19. The summed E-state index contributed by atoms with van der Waals surface area (Å²) in [6, 6.07) is 11.3. The Labute approximate surface area is 166 Å². The molecule has 0 atom stereocenters. The molecule has 29 heavy (non-hydrogen) atoms. The van der Waals surface area contributed by atoms with Crippen LogP contribution < -0.4 is 9.80 Å². The third-order valence-electron chi connectivity index (χ3n) is 4.50. The monoisotopic (exact) mass is 398 g/mol. The lowest BCUT2D eigenvalue weighted by Gasteiger charge is -2.21. The molecule has 1 aliphatic rings. The summed E-state index contributed by atoms with van der Waals surface area (Å²) in [5, 5.41) is 0. The van der Waals surface area contributed by atoms with Crippen LogP contribution in [0.3, 0.4) is 0 Å². The minimum atomic E-state index is -0.709. The number of carbonyl (C=O) groups excluding carboxylic acids is 4. The van der Waals surface area contributed by atoms with E-state index < -0.39 is 24.3 Å². The van der Waals surface area contributed by atoms with Crippen molar-refractivity contribution in [2.24, 2.45) is 0 Å². The fourth-order valence-corrected chi connectivity index (χ4v) is 3.02. The lowest BCUT2D eigenvalue weighted by atomic mass is 10.2. The van der Waals surface area contributed by atoms with Crippen LogP contribution >= 0.6 is 0 Å². The zero-order valence-electron chi connectivity index (χ0n) is 15.8. The number of anilines is 2. The third kappa shape index (κ3) is 4.48. The van der Waals surface area contributed by atoms with Crippen LogP contribution in [0.1, 0.15) is 30.1 Å². The molecule has 1 heterocycles. The summed E-state index contributed by atoms with van der Waals surface area (Å²) in [7, 11) is 0. The molecule has 150 valence electrons. The maximum atomic E-state index is 13.1. The van der Waals surface area contributed by atoms with Crippen LogP contribution in [-0.2, 0) is 19.1 Å². The SMILES string of the molecule is CCN(C(=O)COC(=O)c1ccc(N2C(=O)CCC2=O)cc1)c1ccc(F)cc1. The van der Waals surface area contributed by atoms with E-state index in [1.165, 1.54) is 53.4 Å². The molecule has 0 aliphatic carbocycles. The molecule has 2 aromatic rings. The van der Waals surface area contributed by atoms with Gasteiger partial charge in [0.25, 0.3) is 5.91 Å². The van der Waals surface area contributed by atoms with E-state index in [1.54, 1.807) is 6.92 Å². The number of rotatable bonds is 6. The number of ether oxygens (including phenoxy) is 1. The lowest BCUT2D eigenvalue weighted by molar-refractivity contribution is -0.122. The van der Waals surface area contributed by atoms with Crippen LogP contribution in [0.25, 0.3) is 0 Å². The first-order chi connectivity index (χ1) is 13.9. The molecule has 7 nitrogen and oxygen atoms in total. The van der Waals surface area contributed by atoms with Crippen LogP contribution in [-0.4, -0.2) is 36.8 Å². The van der Waals surface area contributed by atoms with Gasteiger partial charge in [0.1, 0.15) is 5.82 Å². The van der Waals surface area contributed by atoms with Crippen molar-refractivity contribution in [1.29, 1.82) is 0 Å². The third-order valence-corrected chi connectivity index (χ3v) is 4.50. The smallest absolute Gasteiger partial charge is 0.338 e. The van der Waals surface area contributed by atoms with Gasteiger partial charge in [-0.1, -0.05) is 0 Å². The molecular formula is C21H19FN2O5. The molecule has 0 aromatic heterocycles. The molecule has 3 rings (SSSR count). The largest absolute Gasteiger partial charge is 0.452 e. The first-order valence-electron chi connectivity index (χ1n) is 9.09. The van der Waals surface area contributed by atoms with E-state index >= 15 is 0 Å². The first-order valence-corrected chi connectivity index (χ1v) is 9.09. The van der Waals surface area contributed by atoms with Gasteiger partial charge in [-0.15, -0.1) is 0 Å². The highest BCUT2D eigenvalue weighted by Crippen LogP contribution is 2.23. The van der Waals surface area contributed by atoms with Gasteiger partial charge >= 0.3 is 5.97 Å². The van der Waals surface area contributed by atoms with Crippen molar-refractivity contribution in [3.05, 3.63) is 59.9 Å². The normalized spacial score (nSPS) is 13.5.